The van der Waals surface area contributed by atoms with Crippen molar-refractivity contribution in [2.24, 2.45) is 0 Å². The van der Waals surface area contributed by atoms with Crippen LogP contribution in [0.2, 0.25) is 0 Å². The number of hydrogen-bond donors (Lipinski definition) is 1. The number of piperidine rings is 1. The monoisotopic (exact) mass is 357 g/mol. The standard InChI is InChI=1S/C18H23N5O3/c24-18(5-7-23-13-19-12-20-23)22-6-1-2-15(11-22)21-14-3-4-16-17(10-14)26-9-8-25-16/h3-4,10,12-13,15,21H,1-2,5-9,11H2. The van der Waals surface area contributed by atoms with E-state index in [-0.39, 0.29) is 11.9 Å². The van der Waals surface area contributed by atoms with Gasteiger partial charge in [-0.05, 0) is 25.0 Å². The zero-order valence-electron chi connectivity index (χ0n) is 14.6. The molecule has 4 rings (SSSR count). The summed E-state index contributed by atoms with van der Waals surface area (Å²) in [6, 6.07) is 6.14. The van der Waals surface area contributed by atoms with Gasteiger partial charge < -0.3 is 19.7 Å². The molecule has 2 aliphatic heterocycles. The SMILES string of the molecule is O=C(CCn1cncn1)N1CCCC(Nc2ccc3c(c2)OCCO3)C1. The van der Waals surface area contributed by atoms with Gasteiger partial charge in [0.2, 0.25) is 5.91 Å². The number of likely N-dealkylation sites (tertiary alicyclic amines) is 1. The van der Waals surface area contributed by atoms with Crippen molar-refractivity contribution in [2.45, 2.75) is 31.8 Å². The number of nitrogens with one attached hydrogen (secondary N) is 1. The number of carbonyl (C=O) groups excluding carboxylic acids is 1. The second-order valence-electron chi connectivity index (χ2n) is 6.59. The number of hydrogen-bond acceptors (Lipinski definition) is 6. The Morgan fingerprint density at radius 1 is 1.27 bits per heavy atom. The average molecular weight is 357 g/mol. The molecule has 8 nitrogen and oxygen atoms in total. The fourth-order valence-corrected chi connectivity index (χ4v) is 3.41. The Labute approximate surface area is 152 Å². The van der Waals surface area contributed by atoms with Gasteiger partial charge in [-0.25, -0.2) is 4.98 Å². The number of aromatic nitrogens is 3. The average Bonchev–Trinajstić information content (AvgIpc) is 3.20. The van der Waals surface area contributed by atoms with Crippen molar-refractivity contribution in [1.29, 1.82) is 0 Å². The van der Waals surface area contributed by atoms with Crippen molar-refractivity contribution in [3.05, 3.63) is 30.9 Å². The summed E-state index contributed by atoms with van der Waals surface area (Å²) < 4.78 is 12.9. The quantitative estimate of drug-likeness (QED) is 0.874. The first kappa shape index (κ1) is 16.7. The molecule has 1 aromatic heterocycles. The maximum atomic E-state index is 12.5. The van der Waals surface area contributed by atoms with E-state index in [0.717, 1.165) is 36.6 Å². The van der Waals surface area contributed by atoms with E-state index in [4.69, 9.17) is 9.47 Å². The first-order chi connectivity index (χ1) is 12.8. The van der Waals surface area contributed by atoms with Crippen LogP contribution in [0.1, 0.15) is 19.3 Å². The Hall–Kier alpha value is -2.77. The van der Waals surface area contributed by atoms with Gasteiger partial charge in [0.05, 0.1) is 6.54 Å². The normalized spacial score (nSPS) is 19.2. The van der Waals surface area contributed by atoms with Gasteiger partial charge in [0.15, 0.2) is 11.5 Å². The lowest BCUT2D eigenvalue weighted by molar-refractivity contribution is -0.132. The van der Waals surface area contributed by atoms with Crippen LogP contribution < -0.4 is 14.8 Å². The number of aryl methyl sites for hydroxylation is 1. The number of amides is 1. The van der Waals surface area contributed by atoms with Gasteiger partial charge in [-0.15, -0.1) is 0 Å². The molecule has 0 spiro atoms. The lowest BCUT2D eigenvalue weighted by Crippen LogP contribution is -2.45. The van der Waals surface area contributed by atoms with E-state index in [1.165, 1.54) is 6.33 Å². The minimum absolute atomic E-state index is 0.161. The second kappa shape index (κ2) is 7.63. The highest BCUT2D eigenvalue weighted by atomic mass is 16.6. The zero-order valence-corrected chi connectivity index (χ0v) is 14.6. The van der Waals surface area contributed by atoms with E-state index in [0.29, 0.717) is 32.7 Å². The van der Waals surface area contributed by atoms with Crippen LogP contribution in [-0.2, 0) is 11.3 Å². The van der Waals surface area contributed by atoms with Gasteiger partial charge in [-0.3, -0.25) is 9.48 Å². The summed E-state index contributed by atoms with van der Waals surface area (Å²) in [6.07, 6.45) is 5.60. The molecule has 2 aliphatic rings. The van der Waals surface area contributed by atoms with Crippen LogP contribution in [0.5, 0.6) is 11.5 Å². The van der Waals surface area contributed by atoms with E-state index in [2.05, 4.69) is 15.4 Å². The van der Waals surface area contributed by atoms with Crippen molar-refractivity contribution in [3.63, 3.8) is 0 Å². The number of nitrogens with zero attached hydrogens (tertiary/aromatic N) is 4. The van der Waals surface area contributed by atoms with Gasteiger partial charge in [0.25, 0.3) is 0 Å². The van der Waals surface area contributed by atoms with Crippen molar-refractivity contribution in [1.82, 2.24) is 19.7 Å². The fraction of sp³-hybridized carbons (Fsp3) is 0.500. The third kappa shape index (κ3) is 3.89. The van der Waals surface area contributed by atoms with Gasteiger partial charge in [-0.2, -0.15) is 5.10 Å². The number of benzene rings is 1. The van der Waals surface area contributed by atoms with Crippen LogP contribution in [0.4, 0.5) is 5.69 Å². The van der Waals surface area contributed by atoms with Crippen molar-refractivity contribution < 1.29 is 14.3 Å². The summed E-state index contributed by atoms with van der Waals surface area (Å²) in [6.45, 7) is 3.26. The Bertz CT molecular complexity index is 749. The van der Waals surface area contributed by atoms with Crippen molar-refractivity contribution in [3.8, 4) is 11.5 Å². The van der Waals surface area contributed by atoms with E-state index in [9.17, 15) is 4.79 Å². The van der Waals surface area contributed by atoms with E-state index in [1.807, 2.05) is 23.1 Å². The highest BCUT2D eigenvalue weighted by Gasteiger charge is 2.24. The maximum absolute atomic E-state index is 12.5. The molecule has 0 radical (unpaired) electrons. The molecule has 26 heavy (non-hydrogen) atoms. The van der Waals surface area contributed by atoms with Crippen LogP contribution in [0, 0.1) is 0 Å². The number of carbonyl (C=O) groups is 1. The topological polar surface area (TPSA) is 81.5 Å². The van der Waals surface area contributed by atoms with Gasteiger partial charge in [0.1, 0.15) is 25.9 Å². The Morgan fingerprint density at radius 2 is 2.15 bits per heavy atom. The Kier molecular flexibility index (Phi) is 4.90. The van der Waals surface area contributed by atoms with Crippen LogP contribution >= 0.6 is 0 Å². The summed E-state index contributed by atoms with van der Waals surface area (Å²) >= 11 is 0. The molecule has 0 saturated carbocycles. The molecular weight excluding hydrogens is 334 g/mol. The molecule has 0 aliphatic carbocycles. The number of rotatable bonds is 5. The molecule has 1 saturated heterocycles. The van der Waals surface area contributed by atoms with E-state index < -0.39 is 0 Å². The zero-order chi connectivity index (χ0) is 17.8. The van der Waals surface area contributed by atoms with Gasteiger partial charge in [-0.1, -0.05) is 0 Å². The number of anilines is 1. The van der Waals surface area contributed by atoms with Crippen molar-refractivity contribution in [2.75, 3.05) is 31.6 Å². The highest BCUT2D eigenvalue weighted by molar-refractivity contribution is 5.76. The summed E-state index contributed by atoms with van der Waals surface area (Å²) in [5.41, 5.74) is 0.996. The highest BCUT2D eigenvalue weighted by Crippen LogP contribution is 2.33. The third-order valence-corrected chi connectivity index (χ3v) is 4.71. The summed E-state index contributed by atoms with van der Waals surface area (Å²) in [7, 11) is 0. The first-order valence-corrected chi connectivity index (χ1v) is 9.04. The van der Waals surface area contributed by atoms with Crippen LogP contribution in [0.3, 0.4) is 0 Å². The fourth-order valence-electron chi connectivity index (χ4n) is 3.41. The van der Waals surface area contributed by atoms with Gasteiger partial charge in [0, 0.05) is 37.3 Å². The minimum Gasteiger partial charge on any atom is -0.486 e. The molecule has 1 fully saturated rings. The maximum Gasteiger partial charge on any atom is 0.224 e. The molecule has 8 heteroatoms. The molecule has 138 valence electrons. The first-order valence-electron chi connectivity index (χ1n) is 9.04. The largest absolute Gasteiger partial charge is 0.486 e. The Balaban J connectivity index is 1.32. The Morgan fingerprint density at radius 3 is 3.00 bits per heavy atom. The number of fused-ring (bicyclic) bond motifs is 1. The molecule has 3 heterocycles. The molecule has 2 aromatic rings. The molecule has 1 aromatic carbocycles. The molecule has 1 amide bonds. The van der Waals surface area contributed by atoms with Crippen LogP contribution in [0.25, 0.3) is 0 Å². The molecule has 1 unspecified atom stereocenters. The predicted octanol–water partition coefficient (Wildman–Crippen LogP) is 1.54. The smallest absolute Gasteiger partial charge is 0.224 e. The second-order valence-corrected chi connectivity index (χ2v) is 6.59. The number of ether oxygens (including phenoxy) is 2. The van der Waals surface area contributed by atoms with Crippen LogP contribution in [-0.4, -0.2) is 57.9 Å². The summed E-state index contributed by atoms with van der Waals surface area (Å²) in [4.78, 5) is 18.3. The predicted molar refractivity (Wildman–Crippen MR) is 95.3 cm³/mol. The third-order valence-electron chi connectivity index (χ3n) is 4.71. The molecule has 1 atom stereocenters. The van der Waals surface area contributed by atoms with Crippen molar-refractivity contribution >= 4 is 11.6 Å². The lowest BCUT2D eigenvalue weighted by atomic mass is 10.0. The van der Waals surface area contributed by atoms with Crippen LogP contribution in [0.15, 0.2) is 30.9 Å². The summed E-state index contributed by atoms with van der Waals surface area (Å²) in [5.74, 6) is 1.72. The van der Waals surface area contributed by atoms with E-state index >= 15 is 0 Å². The van der Waals surface area contributed by atoms with Gasteiger partial charge >= 0.3 is 0 Å². The molecule has 0 bridgehead atoms. The van der Waals surface area contributed by atoms with E-state index in [1.54, 1.807) is 11.0 Å². The lowest BCUT2D eigenvalue weighted by Gasteiger charge is -2.34. The minimum atomic E-state index is 0.161. The summed E-state index contributed by atoms with van der Waals surface area (Å²) in [5, 5.41) is 7.57. The molecular formula is C18H23N5O3. The molecule has 1 N–H and O–H groups in total.